The number of hydrogen-bond donors (Lipinski definition) is 0. The monoisotopic (exact) mass is 370 g/mol. The maximum atomic E-state index is 12.4. The van der Waals surface area contributed by atoms with Crippen LogP contribution < -0.4 is 9.47 Å². The van der Waals surface area contributed by atoms with E-state index in [1.807, 2.05) is 18.2 Å². The van der Waals surface area contributed by atoms with Gasteiger partial charge < -0.3 is 9.47 Å². The average molecular weight is 370 g/mol. The summed E-state index contributed by atoms with van der Waals surface area (Å²) in [5, 5.41) is 0. The molecule has 1 aliphatic heterocycles. The van der Waals surface area contributed by atoms with Crippen molar-refractivity contribution in [1.29, 1.82) is 0 Å². The lowest BCUT2D eigenvalue weighted by Gasteiger charge is -2.09. The molecule has 0 fully saturated rings. The molecule has 2 aromatic rings. The molecule has 0 unspecified atom stereocenters. The number of carbonyl (C=O) groups excluding carboxylic acids is 2. The zero-order valence-corrected chi connectivity index (χ0v) is 15.0. The van der Waals surface area contributed by atoms with Gasteiger partial charge in [0.25, 0.3) is 0 Å². The van der Waals surface area contributed by atoms with Crippen molar-refractivity contribution in [2.45, 2.75) is 6.92 Å². The van der Waals surface area contributed by atoms with Crippen LogP contribution in [0.3, 0.4) is 0 Å². The topological polar surface area (TPSA) is 52.6 Å². The number of para-hydroxylation sites is 1. The van der Waals surface area contributed by atoms with Crippen molar-refractivity contribution in [3.63, 3.8) is 0 Å². The summed E-state index contributed by atoms with van der Waals surface area (Å²) in [5.74, 6) is -0.476. The SMILES string of the molecule is C=C1C=C(c2ccc(OC(=O)c3ccccc3OC(C)=O)cc2)SS1. The van der Waals surface area contributed by atoms with E-state index < -0.39 is 11.9 Å². The number of rotatable bonds is 4. The normalized spacial score (nSPS) is 13.3. The van der Waals surface area contributed by atoms with E-state index in [0.29, 0.717) is 5.75 Å². The van der Waals surface area contributed by atoms with Crippen molar-refractivity contribution in [2.75, 3.05) is 0 Å². The summed E-state index contributed by atoms with van der Waals surface area (Å²) in [4.78, 5) is 25.6. The molecule has 0 atom stereocenters. The lowest BCUT2D eigenvalue weighted by molar-refractivity contribution is -0.131. The lowest BCUT2D eigenvalue weighted by Crippen LogP contribution is -2.12. The smallest absolute Gasteiger partial charge is 0.347 e. The fourth-order valence-electron chi connectivity index (χ4n) is 2.15. The molecule has 0 amide bonds. The standard InChI is InChI=1S/C19H14O4S2/c1-12-11-18(25-24-12)14-7-9-15(10-8-14)23-19(21)16-5-3-4-6-17(16)22-13(2)20/h3-11H,1H2,2H3. The Morgan fingerprint density at radius 3 is 2.32 bits per heavy atom. The first-order valence-electron chi connectivity index (χ1n) is 7.38. The van der Waals surface area contributed by atoms with E-state index in [9.17, 15) is 9.59 Å². The number of hydrogen-bond acceptors (Lipinski definition) is 6. The molecule has 4 nitrogen and oxygen atoms in total. The molecule has 0 aliphatic carbocycles. The van der Waals surface area contributed by atoms with E-state index in [-0.39, 0.29) is 11.3 Å². The van der Waals surface area contributed by atoms with Gasteiger partial charge in [0.1, 0.15) is 17.1 Å². The molecule has 1 heterocycles. The van der Waals surface area contributed by atoms with Gasteiger partial charge in [0.2, 0.25) is 0 Å². The highest BCUT2D eigenvalue weighted by Gasteiger charge is 2.16. The van der Waals surface area contributed by atoms with Crippen LogP contribution in [-0.4, -0.2) is 11.9 Å². The van der Waals surface area contributed by atoms with Crippen molar-refractivity contribution in [1.82, 2.24) is 0 Å². The predicted molar refractivity (Wildman–Crippen MR) is 101 cm³/mol. The number of ether oxygens (including phenoxy) is 2. The molecule has 2 aromatic carbocycles. The molecule has 0 aromatic heterocycles. The minimum atomic E-state index is -0.581. The second-order valence-electron chi connectivity index (χ2n) is 5.15. The fraction of sp³-hybridized carbons (Fsp3) is 0.0526. The van der Waals surface area contributed by atoms with Crippen LogP contribution in [0.4, 0.5) is 0 Å². The van der Waals surface area contributed by atoms with Crippen LogP contribution >= 0.6 is 21.6 Å². The van der Waals surface area contributed by atoms with Gasteiger partial charge in [0.05, 0.1) is 0 Å². The molecule has 3 rings (SSSR count). The Morgan fingerprint density at radius 2 is 1.68 bits per heavy atom. The van der Waals surface area contributed by atoms with Gasteiger partial charge in [-0.05, 0) is 35.9 Å². The van der Waals surface area contributed by atoms with Crippen LogP contribution in [0.5, 0.6) is 11.5 Å². The van der Waals surface area contributed by atoms with Gasteiger partial charge in [-0.3, -0.25) is 4.79 Å². The van der Waals surface area contributed by atoms with Crippen LogP contribution in [0.1, 0.15) is 22.8 Å². The highest BCUT2D eigenvalue weighted by molar-refractivity contribution is 8.82. The molecule has 0 radical (unpaired) electrons. The Balaban J connectivity index is 1.74. The van der Waals surface area contributed by atoms with E-state index in [2.05, 4.69) is 6.58 Å². The molecule has 0 saturated heterocycles. The second kappa shape index (κ2) is 7.63. The van der Waals surface area contributed by atoms with Gasteiger partial charge in [-0.2, -0.15) is 0 Å². The Bertz CT molecular complexity index is 869. The van der Waals surface area contributed by atoms with Gasteiger partial charge in [0.15, 0.2) is 0 Å². The first-order valence-corrected chi connectivity index (χ1v) is 9.53. The molecule has 0 N–H and O–H groups in total. The maximum Gasteiger partial charge on any atom is 0.347 e. The summed E-state index contributed by atoms with van der Waals surface area (Å²) >= 11 is 0. The van der Waals surface area contributed by atoms with Crippen LogP contribution in [0.2, 0.25) is 0 Å². The quantitative estimate of drug-likeness (QED) is 0.425. The molecular formula is C19H14O4S2. The van der Waals surface area contributed by atoms with Crippen LogP contribution in [-0.2, 0) is 4.79 Å². The first-order chi connectivity index (χ1) is 12.0. The summed E-state index contributed by atoms with van der Waals surface area (Å²) in [7, 11) is 3.27. The molecule has 0 saturated carbocycles. The second-order valence-corrected chi connectivity index (χ2v) is 7.44. The van der Waals surface area contributed by atoms with Crippen LogP contribution in [0.15, 0.2) is 66.1 Å². The van der Waals surface area contributed by atoms with E-state index in [0.717, 1.165) is 15.4 Å². The number of carbonyl (C=O) groups is 2. The van der Waals surface area contributed by atoms with Crippen LogP contribution in [0.25, 0.3) is 4.91 Å². The lowest BCUT2D eigenvalue weighted by atomic mass is 10.2. The summed E-state index contributed by atoms with van der Waals surface area (Å²) in [6, 6.07) is 13.7. The minimum Gasteiger partial charge on any atom is -0.426 e. The summed E-state index contributed by atoms with van der Waals surface area (Å²) in [6.07, 6.45) is 2.02. The van der Waals surface area contributed by atoms with E-state index in [4.69, 9.17) is 9.47 Å². The average Bonchev–Trinajstić information content (AvgIpc) is 3.02. The number of benzene rings is 2. The molecule has 6 heteroatoms. The summed E-state index contributed by atoms with van der Waals surface area (Å²) in [6.45, 7) is 5.19. The zero-order chi connectivity index (χ0) is 17.8. The molecule has 1 aliphatic rings. The Morgan fingerprint density at radius 1 is 0.960 bits per heavy atom. The van der Waals surface area contributed by atoms with Crippen molar-refractivity contribution >= 4 is 38.4 Å². The molecule has 0 bridgehead atoms. The third kappa shape index (κ3) is 4.35. The van der Waals surface area contributed by atoms with Crippen molar-refractivity contribution in [2.24, 2.45) is 0 Å². The number of esters is 2. The van der Waals surface area contributed by atoms with Gasteiger partial charge in [-0.1, -0.05) is 52.4 Å². The maximum absolute atomic E-state index is 12.4. The molecule has 0 spiro atoms. The number of allylic oxidation sites excluding steroid dienone is 1. The van der Waals surface area contributed by atoms with Gasteiger partial charge in [-0.25, -0.2) is 4.79 Å². The Hall–Kier alpha value is -2.44. The van der Waals surface area contributed by atoms with Crippen LogP contribution in [0, 0.1) is 0 Å². The third-order valence-electron chi connectivity index (χ3n) is 3.24. The first kappa shape index (κ1) is 17.4. The predicted octanol–water partition coefficient (Wildman–Crippen LogP) is 5.08. The van der Waals surface area contributed by atoms with Gasteiger partial charge >= 0.3 is 11.9 Å². The largest absolute Gasteiger partial charge is 0.426 e. The van der Waals surface area contributed by atoms with Crippen molar-refractivity contribution in [3.8, 4) is 11.5 Å². The van der Waals surface area contributed by atoms with E-state index in [1.54, 1.807) is 58.0 Å². The minimum absolute atomic E-state index is 0.180. The Labute approximate surface area is 153 Å². The van der Waals surface area contributed by atoms with Gasteiger partial charge in [0, 0.05) is 16.7 Å². The highest BCUT2D eigenvalue weighted by atomic mass is 33.1. The van der Waals surface area contributed by atoms with Crippen molar-refractivity contribution in [3.05, 3.63) is 77.2 Å². The third-order valence-corrected chi connectivity index (χ3v) is 5.62. The zero-order valence-electron chi connectivity index (χ0n) is 13.4. The molecule has 126 valence electrons. The van der Waals surface area contributed by atoms with E-state index in [1.165, 1.54) is 6.92 Å². The summed E-state index contributed by atoms with van der Waals surface area (Å²) < 4.78 is 10.4. The molecular weight excluding hydrogens is 356 g/mol. The summed E-state index contributed by atoms with van der Waals surface area (Å²) in [5.41, 5.74) is 1.24. The Kier molecular flexibility index (Phi) is 5.31. The van der Waals surface area contributed by atoms with Gasteiger partial charge in [-0.15, -0.1) is 0 Å². The van der Waals surface area contributed by atoms with Crippen molar-refractivity contribution < 1.29 is 19.1 Å². The van der Waals surface area contributed by atoms with E-state index >= 15 is 0 Å². The highest BCUT2D eigenvalue weighted by Crippen LogP contribution is 2.48. The molecule has 25 heavy (non-hydrogen) atoms. The fourth-order valence-corrected chi connectivity index (χ4v) is 4.18.